The molecule has 7 nitrogen and oxygen atoms in total. The number of carbonyl (C=O) groups is 1. The van der Waals surface area contributed by atoms with Crippen molar-refractivity contribution in [3.8, 4) is 5.69 Å². The van der Waals surface area contributed by atoms with Gasteiger partial charge in [0.1, 0.15) is 5.82 Å². The highest BCUT2D eigenvalue weighted by Gasteiger charge is 2.11. The van der Waals surface area contributed by atoms with E-state index >= 15 is 0 Å². The van der Waals surface area contributed by atoms with Gasteiger partial charge in [0.25, 0.3) is 0 Å². The van der Waals surface area contributed by atoms with Crippen molar-refractivity contribution in [2.75, 3.05) is 11.1 Å². The molecule has 0 saturated heterocycles. The Hall–Kier alpha value is -2.74. The lowest BCUT2D eigenvalue weighted by molar-refractivity contribution is -0.113. The molecule has 0 fully saturated rings. The number of nitrogens with one attached hydrogen (secondary N) is 1. The fourth-order valence-electron chi connectivity index (χ4n) is 1.86. The number of amides is 1. The van der Waals surface area contributed by atoms with Crippen LogP contribution >= 0.6 is 11.8 Å². The molecule has 0 radical (unpaired) electrons. The number of nitrogens with zero attached hydrogens (tertiary/aromatic N) is 5. The molecule has 0 spiro atoms. The number of carbonyl (C=O) groups excluding carboxylic acids is 1. The number of aromatic nitrogens is 5. The lowest BCUT2D eigenvalue weighted by Gasteiger charge is -2.05. The van der Waals surface area contributed by atoms with Crippen LogP contribution in [0.15, 0.2) is 53.8 Å². The summed E-state index contributed by atoms with van der Waals surface area (Å²) in [4.78, 5) is 16.0. The first-order valence-electron chi connectivity index (χ1n) is 6.91. The lowest BCUT2D eigenvalue weighted by atomic mass is 10.2. The average Bonchev–Trinajstić information content (AvgIpc) is 3.03. The van der Waals surface area contributed by atoms with Crippen LogP contribution in [0.2, 0.25) is 0 Å². The van der Waals surface area contributed by atoms with Crippen molar-refractivity contribution in [3.63, 3.8) is 0 Å². The average molecular weight is 326 g/mol. The Morgan fingerprint density at radius 2 is 2.04 bits per heavy atom. The molecule has 2 heterocycles. The zero-order valence-corrected chi connectivity index (χ0v) is 13.2. The second kappa shape index (κ2) is 7.01. The Bertz CT molecular complexity index is 787. The van der Waals surface area contributed by atoms with E-state index in [4.69, 9.17) is 0 Å². The molecule has 8 heteroatoms. The molecule has 3 aromatic rings. The Kier molecular flexibility index (Phi) is 4.62. The van der Waals surface area contributed by atoms with Gasteiger partial charge in [-0.05, 0) is 41.6 Å². The number of aryl methyl sites for hydroxylation is 1. The van der Waals surface area contributed by atoms with Crippen molar-refractivity contribution >= 4 is 23.5 Å². The summed E-state index contributed by atoms with van der Waals surface area (Å²) in [7, 11) is 0. The normalized spacial score (nSPS) is 10.5. The fourth-order valence-corrected chi connectivity index (χ4v) is 2.55. The molecule has 23 heavy (non-hydrogen) atoms. The number of rotatable bonds is 5. The van der Waals surface area contributed by atoms with Gasteiger partial charge in [-0.15, -0.1) is 5.10 Å². The smallest absolute Gasteiger partial charge is 0.236 e. The Morgan fingerprint density at radius 1 is 1.22 bits per heavy atom. The van der Waals surface area contributed by atoms with Gasteiger partial charge in [0.15, 0.2) is 0 Å². The molecule has 3 rings (SSSR count). The molecule has 0 atom stereocenters. The van der Waals surface area contributed by atoms with Crippen LogP contribution in [0.1, 0.15) is 5.56 Å². The van der Waals surface area contributed by atoms with Crippen molar-refractivity contribution < 1.29 is 4.79 Å². The zero-order chi connectivity index (χ0) is 16.1. The van der Waals surface area contributed by atoms with Crippen LogP contribution in [0.4, 0.5) is 5.82 Å². The van der Waals surface area contributed by atoms with Crippen molar-refractivity contribution in [3.05, 3.63) is 54.2 Å². The number of thioether (sulfide) groups is 1. The molecule has 1 aromatic carbocycles. The van der Waals surface area contributed by atoms with E-state index in [1.54, 1.807) is 23.0 Å². The maximum absolute atomic E-state index is 12.0. The van der Waals surface area contributed by atoms with Crippen LogP contribution < -0.4 is 5.32 Å². The highest BCUT2D eigenvalue weighted by Crippen LogP contribution is 2.18. The molecular formula is C15H14N6OS. The summed E-state index contributed by atoms with van der Waals surface area (Å²) in [5.74, 6) is 0.561. The van der Waals surface area contributed by atoms with E-state index in [9.17, 15) is 4.79 Å². The molecule has 1 N–H and O–H groups in total. The van der Waals surface area contributed by atoms with Gasteiger partial charge < -0.3 is 5.32 Å². The van der Waals surface area contributed by atoms with Crippen LogP contribution in [-0.4, -0.2) is 36.9 Å². The van der Waals surface area contributed by atoms with Gasteiger partial charge in [-0.1, -0.05) is 35.5 Å². The molecule has 0 aliphatic heterocycles. The van der Waals surface area contributed by atoms with Crippen LogP contribution in [0.3, 0.4) is 0 Å². The van der Waals surface area contributed by atoms with Gasteiger partial charge in [0.2, 0.25) is 11.1 Å². The topological polar surface area (TPSA) is 85.6 Å². The highest BCUT2D eigenvalue weighted by atomic mass is 32.2. The minimum absolute atomic E-state index is 0.160. The van der Waals surface area contributed by atoms with Gasteiger partial charge in [-0.3, -0.25) is 4.79 Å². The largest absolute Gasteiger partial charge is 0.310 e. The number of benzene rings is 1. The predicted octanol–water partition coefficient (Wildman–Crippen LogP) is 2.10. The third kappa shape index (κ3) is 3.92. The Morgan fingerprint density at radius 3 is 2.78 bits per heavy atom. The minimum Gasteiger partial charge on any atom is -0.310 e. The third-order valence-electron chi connectivity index (χ3n) is 2.98. The third-order valence-corrected chi connectivity index (χ3v) is 3.90. The summed E-state index contributed by atoms with van der Waals surface area (Å²) in [6.45, 7) is 2.01. The van der Waals surface area contributed by atoms with Gasteiger partial charge in [0, 0.05) is 6.20 Å². The maximum atomic E-state index is 12.0. The quantitative estimate of drug-likeness (QED) is 0.723. The van der Waals surface area contributed by atoms with E-state index in [0.29, 0.717) is 11.0 Å². The first-order valence-corrected chi connectivity index (χ1v) is 7.90. The SMILES string of the molecule is Cc1ccc(-n2nnnc2SCC(=O)Nc2ccccn2)cc1. The summed E-state index contributed by atoms with van der Waals surface area (Å²) in [6.07, 6.45) is 1.63. The fraction of sp³-hybridized carbons (Fsp3) is 0.133. The predicted molar refractivity (Wildman–Crippen MR) is 87.5 cm³/mol. The first kappa shape index (κ1) is 15.2. The van der Waals surface area contributed by atoms with E-state index in [1.807, 2.05) is 37.3 Å². The minimum atomic E-state index is -0.160. The summed E-state index contributed by atoms with van der Waals surface area (Å²) >= 11 is 1.27. The summed E-state index contributed by atoms with van der Waals surface area (Å²) in [6, 6.07) is 13.2. The molecule has 1 amide bonds. The van der Waals surface area contributed by atoms with Gasteiger partial charge in [0.05, 0.1) is 11.4 Å². The van der Waals surface area contributed by atoms with Crippen LogP contribution in [-0.2, 0) is 4.79 Å². The van der Waals surface area contributed by atoms with Gasteiger partial charge >= 0.3 is 0 Å². The monoisotopic (exact) mass is 326 g/mol. The second-order valence-corrected chi connectivity index (χ2v) is 5.70. The summed E-state index contributed by atoms with van der Waals surface area (Å²) < 4.78 is 1.61. The number of tetrazole rings is 1. The van der Waals surface area contributed by atoms with E-state index in [2.05, 4.69) is 25.8 Å². The number of anilines is 1. The summed E-state index contributed by atoms with van der Waals surface area (Å²) in [5.41, 5.74) is 2.01. The molecule has 0 saturated carbocycles. The molecule has 2 aromatic heterocycles. The number of hydrogen-bond acceptors (Lipinski definition) is 6. The van der Waals surface area contributed by atoms with Crippen molar-refractivity contribution in [2.24, 2.45) is 0 Å². The van der Waals surface area contributed by atoms with E-state index in [0.717, 1.165) is 11.3 Å². The second-order valence-electron chi connectivity index (χ2n) is 4.76. The zero-order valence-electron chi connectivity index (χ0n) is 12.4. The molecular weight excluding hydrogens is 312 g/mol. The van der Waals surface area contributed by atoms with Crippen molar-refractivity contribution in [1.82, 2.24) is 25.2 Å². The summed E-state index contributed by atoms with van der Waals surface area (Å²) in [5, 5.41) is 14.9. The number of pyridine rings is 1. The van der Waals surface area contributed by atoms with E-state index < -0.39 is 0 Å². The highest BCUT2D eigenvalue weighted by molar-refractivity contribution is 7.99. The van der Waals surface area contributed by atoms with Gasteiger partial charge in [-0.2, -0.15) is 4.68 Å². The Labute approximate surface area is 137 Å². The first-order chi connectivity index (χ1) is 11.2. The maximum Gasteiger partial charge on any atom is 0.236 e. The molecule has 0 aliphatic rings. The van der Waals surface area contributed by atoms with Crippen LogP contribution in [0.25, 0.3) is 5.69 Å². The van der Waals surface area contributed by atoms with Crippen LogP contribution in [0, 0.1) is 6.92 Å². The Balaban J connectivity index is 1.64. The standard InChI is InChI=1S/C15H14N6OS/c1-11-5-7-12(8-6-11)21-15(18-19-20-21)23-10-14(22)17-13-4-2-3-9-16-13/h2-9H,10H2,1H3,(H,16,17,22). The van der Waals surface area contributed by atoms with E-state index in [-0.39, 0.29) is 11.7 Å². The molecule has 0 aliphatic carbocycles. The molecule has 0 unspecified atom stereocenters. The molecule has 0 bridgehead atoms. The number of hydrogen-bond donors (Lipinski definition) is 1. The van der Waals surface area contributed by atoms with Crippen LogP contribution in [0.5, 0.6) is 0 Å². The van der Waals surface area contributed by atoms with Crippen molar-refractivity contribution in [2.45, 2.75) is 12.1 Å². The lowest BCUT2D eigenvalue weighted by Crippen LogP contribution is -2.15. The van der Waals surface area contributed by atoms with Gasteiger partial charge in [-0.25, -0.2) is 4.98 Å². The van der Waals surface area contributed by atoms with E-state index in [1.165, 1.54) is 11.8 Å². The molecule has 116 valence electrons. The van der Waals surface area contributed by atoms with Crippen molar-refractivity contribution in [1.29, 1.82) is 0 Å².